The maximum Gasteiger partial charge on any atom is 0.255 e. The lowest BCUT2D eigenvalue weighted by atomic mass is 10.1. The first kappa shape index (κ1) is 21.6. The van der Waals surface area contributed by atoms with Crippen LogP contribution in [0.1, 0.15) is 27.0 Å². The fourth-order valence-corrected chi connectivity index (χ4v) is 3.96. The molecule has 0 atom stereocenters. The van der Waals surface area contributed by atoms with E-state index < -0.39 is 0 Å². The molecule has 1 heterocycles. The Kier molecular flexibility index (Phi) is 6.55. The second-order valence-electron chi connectivity index (χ2n) is 8.34. The number of anilines is 2. The summed E-state index contributed by atoms with van der Waals surface area (Å²) in [5, 5.41) is 2.95. The van der Waals surface area contributed by atoms with Gasteiger partial charge in [0.25, 0.3) is 5.91 Å². The van der Waals surface area contributed by atoms with Crippen molar-refractivity contribution in [2.45, 2.75) is 20.3 Å². The molecule has 0 spiro atoms. The SMILES string of the molecule is Cc1ccc(C(=O)Nc2ccc(N3CCN(C(=O)Cc4ccccc4C)CC3)cc2)cc1. The highest BCUT2D eigenvalue weighted by molar-refractivity contribution is 6.04. The molecule has 5 heteroatoms. The van der Waals surface area contributed by atoms with Gasteiger partial charge in [-0.15, -0.1) is 0 Å². The van der Waals surface area contributed by atoms with Gasteiger partial charge in [-0.2, -0.15) is 0 Å². The zero-order valence-corrected chi connectivity index (χ0v) is 18.7. The molecule has 1 aliphatic heterocycles. The summed E-state index contributed by atoms with van der Waals surface area (Å²) in [6.07, 6.45) is 0.460. The second-order valence-corrected chi connectivity index (χ2v) is 8.34. The van der Waals surface area contributed by atoms with Gasteiger partial charge in [-0.05, 0) is 61.4 Å². The van der Waals surface area contributed by atoms with Crippen molar-refractivity contribution in [3.05, 3.63) is 95.1 Å². The molecule has 0 bridgehead atoms. The van der Waals surface area contributed by atoms with Crippen LogP contribution >= 0.6 is 0 Å². The number of benzene rings is 3. The third-order valence-corrected chi connectivity index (χ3v) is 6.04. The van der Waals surface area contributed by atoms with Gasteiger partial charge in [-0.25, -0.2) is 0 Å². The van der Waals surface area contributed by atoms with Crippen LogP contribution in [0, 0.1) is 13.8 Å². The molecule has 0 aromatic heterocycles. The molecule has 0 aliphatic carbocycles. The van der Waals surface area contributed by atoms with Crippen LogP contribution in [0.2, 0.25) is 0 Å². The number of carbonyl (C=O) groups excluding carboxylic acids is 2. The molecule has 0 radical (unpaired) electrons. The highest BCUT2D eigenvalue weighted by Gasteiger charge is 2.21. The molecule has 2 amide bonds. The molecular formula is C27H29N3O2. The van der Waals surface area contributed by atoms with Crippen molar-refractivity contribution in [2.75, 3.05) is 36.4 Å². The van der Waals surface area contributed by atoms with Crippen molar-refractivity contribution in [3.63, 3.8) is 0 Å². The number of hydrogen-bond donors (Lipinski definition) is 1. The lowest BCUT2D eigenvalue weighted by molar-refractivity contribution is -0.130. The van der Waals surface area contributed by atoms with Gasteiger partial charge in [0.05, 0.1) is 6.42 Å². The number of carbonyl (C=O) groups is 2. The fraction of sp³-hybridized carbons (Fsp3) is 0.259. The summed E-state index contributed by atoms with van der Waals surface area (Å²) >= 11 is 0. The molecule has 1 saturated heterocycles. The third-order valence-electron chi connectivity index (χ3n) is 6.04. The Bertz CT molecular complexity index is 1080. The van der Waals surface area contributed by atoms with Crippen LogP contribution in [-0.2, 0) is 11.2 Å². The van der Waals surface area contributed by atoms with Gasteiger partial charge in [0.15, 0.2) is 0 Å². The number of nitrogens with one attached hydrogen (secondary N) is 1. The number of hydrogen-bond acceptors (Lipinski definition) is 3. The Morgan fingerprint density at radius 1 is 0.812 bits per heavy atom. The van der Waals surface area contributed by atoms with Crippen molar-refractivity contribution in [1.29, 1.82) is 0 Å². The predicted molar refractivity (Wildman–Crippen MR) is 129 cm³/mol. The predicted octanol–water partition coefficient (Wildman–Crippen LogP) is 4.45. The topological polar surface area (TPSA) is 52.7 Å². The summed E-state index contributed by atoms with van der Waals surface area (Å²) < 4.78 is 0. The number of amides is 2. The first-order chi connectivity index (χ1) is 15.5. The normalized spacial score (nSPS) is 13.7. The van der Waals surface area contributed by atoms with Crippen LogP contribution in [0.25, 0.3) is 0 Å². The maximum absolute atomic E-state index is 12.7. The molecule has 5 nitrogen and oxygen atoms in total. The highest BCUT2D eigenvalue weighted by atomic mass is 16.2. The van der Waals surface area contributed by atoms with Crippen molar-refractivity contribution in [1.82, 2.24) is 4.90 Å². The number of rotatable bonds is 5. The first-order valence-electron chi connectivity index (χ1n) is 11.0. The average Bonchev–Trinajstić information content (AvgIpc) is 2.81. The van der Waals surface area contributed by atoms with Crippen LogP contribution in [0.15, 0.2) is 72.8 Å². The maximum atomic E-state index is 12.7. The van der Waals surface area contributed by atoms with E-state index in [-0.39, 0.29) is 11.8 Å². The Balaban J connectivity index is 1.30. The molecule has 164 valence electrons. The van der Waals surface area contributed by atoms with Crippen LogP contribution in [0.5, 0.6) is 0 Å². The standard InChI is InChI=1S/C27H29N3O2/c1-20-7-9-22(10-8-20)27(32)28-24-11-13-25(14-12-24)29-15-17-30(18-16-29)26(31)19-23-6-4-3-5-21(23)2/h3-14H,15-19H2,1-2H3,(H,28,32). The molecule has 32 heavy (non-hydrogen) atoms. The van der Waals surface area contributed by atoms with E-state index in [1.807, 2.05) is 91.5 Å². The lowest BCUT2D eigenvalue weighted by Crippen LogP contribution is -2.49. The fourth-order valence-electron chi connectivity index (χ4n) is 3.96. The first-order valence-corrected chi connectivity index (χ1v) is 11.0. The van der Waals surface area contributed by atoms with E-state index in [0.717, 1.165) is 54.2 Å². The monoisotopic (exact) mass is 427 g/mol. The Morgan fingerprint density at radius 3 is 2.12 bits per heavy atom. The van der Waals surface area contributed by atoms with Gasteiger partial charge in [0.1, 0.15) is 0 Å². The smallest absolute Gasteiger partial charge is 0.255 e. The average molecular weight is 428 g/mol. The minimum atomic E-state index is -0.112. The molecule has 0 unspecified atom stereocenters. The number of nitrogens with zero attached hydrogens (tertiary/aromatic N) is 2. The van der Waals surface area contributed by atoms with E-state index >= 15 is 0 Å². The van der Waals surface area contributed by atoms with Gasteiger partial charge in [-0.1, -0.05) is 42.0 Å². The summed E-state index contributed by atoms with van der Waals surface area (Å²) in [6, 6.07) is 23.5. The molecule has 3 aromatic carbocycles. The summed E-state index contributed by atoms with van der Waals surface area (Å²) in [6.45, 7) is 7.09. The molecular weight excluding hydrogens is 398 g/mol. The lowest BCUT2D eigenvalue weighted by Gasteiger charge is -2.36. The highest BCUT2D eigenvalue weighted by Crippen LogP contribution is 2.21. The van der Waals surface area contributed by atoms with E-state index in [1.54, 1.807) is 0 Å². The third kappa shape index (κ3) is 5.17. The van der Waals surface area contributed by atoms with Crippen LogP contribution in [0.4, 0.5) is 11.4 Å². The number of aryl methyl sites for hydroxylation is 2. The molecule has 0 saturated carbocycles. The second kappa shape index (κ2) is 9.69. The quantitative estimate of drug-likeness (QED) is 0.655. The molecule has 3 aromatic rings. The minimum Gasteiger partial charge on any atom is -0.368 e. The van der Waals surface area contributed by atoms with E-state index in [4.69, 9.17) is 0 Å². The molecule has 1 fully saturated rings. The van der Waals surface area contributed by atoms with E-state index in [1.165, 1.54) is 0 Å². The Hall–Kier alpha value is -3.60. The van der Waals surface area contributed by atoms with Crippen molar-refractivity contribution in [3.8, 4) is 0 Å². The zero-order valence-electron chi connectivity index (χ0n) is 18.7. The van der Waals surface area contributed by atoms with Crippen LogP contribution in [0.3, 0.4) is 0 Å². The van der Waals surface area contributed by atoms with Gasteiger partial charge < -0.3 is 15.1 Å². The summed E-state index contributed by atoms with van der Waals surface area (Å²) in [4.78, 5) is 29.4. The van der Waals surface area contributed by atoms with Crippen molar-refractivity contribution in [2.24, 2.45) is 0 Å². The molecule has 1 aliphatic rings. The van der Waals surface area contributed by atoms with E-state index in [0.29, 0.717) is 12.0 Å². The van der Waals surface area contributed by atoms with Gasteiger partial charge in [-0.3, -0.25) is 9.59 Å². The molecule has 4 rings (SSSR count). The summed E-state index contributed by atoms with van der Waals surface area (Å²) in [5.41, 5.74) is 5.90. The largest absolute Gasteiger partial charge is 0.368 e. The Morgan fingerprint density at radius 2 is 1.47 bits per heavy atom. The van der Waals surface area contributed by atoms with E-state index in [2.05, 4.69) is 10.2 Å². The zero-order chi connectivity index (χ0) is 22.5. The van der Waals surface area contributed by atoms with Gasteiger partial charge in [0.2, 0.25) is 5.91 Å². The minimum absolute atomic E-state index is 0.112. The number of piperazine rings is 1. The van der Waals surface area contributed by atoms with Gasteiger partial charge in [0, 0.05) is 43.1 Å². The summed E-state index contributed by atoms with van der Waals surface area (Å²) in [5.74, 6) is 0.0756. The van der Waals surface area contributed by atoms with E-state index in [9.17, 15) is 9.59 Å². The van der Waals surface area contributed by atoms with Crippen LogP contribution < -0.4 is 10.2 Å². The van der Waals surface area contributed by atoms with Crippen molar-refractivity contribution >= 4 is 23.2 Å². The summed E-state index contributed by atoms with van der Waals surface area (Å²) in [7, 11) is 0. The van der Waals surface area contributed by atoms with Crippen LogP contribution in [-0.4, -0.2) is 42.9 Å². The molecule has 1 N–H and O–H groups in total. The van der Waals surface area contributed by atoms with Gasteiger partial charge >= 0.3 is 0 Å². The van der Waals surface area contributed by atoms with Crippen molar-refractivity contribution < 1.29 is 9.59 Å². The Labute approximate surface area is 189 Å².